The first-order valence-electron chi connectivity index (χ1n) is 6.48. The largest absolute Gasteiger partial charge is 0.336 e. The van der Waals surface area contributed by atoms with Crippen LogP contribution in [0.5, 0.6) is 0 Å². The first-order chi connectivity index (χ1) is 9.17. The van der Waals surface area contributed by atoms with Gasteiger partial charge in [-0.05, 0) is 25.2 Å². The molecule has 0 bridgehead atoms. The number of halogens is 1. The zero-order valence-electron chi connectivity index (χ0n) is 10.9. The number of piperazine rings is 1. The van der Waals surface area contributed by atoms with Crippen molar-refractivity contribution in [3.8, 4) is 0 Å². The van der Waals surface area contributed by atoms with Gasteiger partial charge in [-0.1, -0.05) is 0 Å². The van der Waals surface area contributed by atoms with E-state index in [1.807, 2.05) is 0 Å². The molecule has 3 N–H and O–H groups in total. The second-order valence-corrected chi connectivity index (χ2v) is 5.07. The third kappa shape index (κ3) is 2.29. The molecule has 3 rings (SSSR count). The highest BCUT2D eigenvalue weighted by atomic mass is 19.1. The number of nitrogens with one attached hydrogen (secondary N) is 1. The predicted octanol–water partition coefficient (Wildman–Crippen LogP) is 0.781. The van der Waals surface area contributed by atoms with Crippen molar-refractivity contribution in [2.45, 2.75) is 6.04 Å². The lowest BCUT2D eigenvalue weighted by Gasteiger charge is -2.39. The summed E-state index contributed by atoms with van der Waals surface area (Å²) < 4.78 is 13.2. The summed E-state index contributed by atoms with van der Waals surface area (Å²) in [4.78, 5) is 12.2. The highest BCUT2D eigenvalue weighted by molar-refractivity contribution is 5.77. The van der Waals surface area contributed by atoms with Crippen molar-refractivity contribution in [2.24, 2.45) is 5.73 Å². The van der Waals surface area contributed by atoms with Crippen LogP contribution in [0.2, 0.25) is 0 Å². The van der Waals surface area contributed by atoms with Crippen LogP contribution in [0, 0.1) is 5.82 Å². The lowest BCUT2D eigenvalue weighted by atomic mass is 10.2. The molecule has 2 aromatic rings. The van der Waals surface area contributed by atoms with Gasteiger partial charge in [-0.3, -0.25) is 0 Å². The van der Waals surface area contributed by atoms with Gasteiger partial charge in [0.05, 0.1) is 17.1 Å². The summed E-state index contributed by atoms with van der Waals surface area (Å²) in [6.07, 6.45) is 0. The molecule has 1 aromatic heterocycles. The molecule has 5 nitrogen and oxygen atoms in total. The van der Waals surface area contributed by atoms with Crippen LogP contribution in [-0.4, -0.2) is 54.1 Å². The SMILES string of the molecule is CN1CCN(c2nc3ccc(F)cc3[nH]2)C(CN)C1. The quantitative estimate of drug-likeness (QED) is 0.840. The number of rotatable bonds is 2. The van der Waals surface area contributed by atoms with E-state index in [9.17, 15) is 4.39 Å². The van der Waals surface area contributed by atoms with E-state index in [1.54, 1.807) is 6.07 Å². The zero-order valence-corrected chi connectivity index (χ0v) is 10.9. The molecule has 2 heterocycles. The fraction of sp³-hybridized carbons (Fsp3) is 0.462. The van der Waals surface area contributed by atoms with Gasteiger partial charge in [-0.25, -0.2) is 9.37 Å². The Hall–Kier alpha value is -1.66. The maximum Gasteiger partial charge on any atom is 0.204 e. The maximum absolute atomic E-state index is 13.2. The molecule has 0 saturated carbocycles. The fourth-order valence-electron chi connectivity index (χ4n) is 2.60. The molecule has 0 aliphatic carbocycles. The van der Waals surface area contributed by atoms with Gasteiger partial charge in [0.15, 0.2) is 0 Å². The number of anilines is 1. The maximum atomic E-state index is 13.2. The van der Waals surface area contributed by atoms with E-state index in [1.165, 1.54) is 12.1 Å². The highest BCUT2D eigenvalue weighted by Crippen LogP contribution is 2.21. The minimum atomic E-state index is -0.253. The number of hydrogen-bond acceptors (Lipinski definition) is 4. The molecule has 19 heavy (non-hydrogen) atoms. The van der Waals surface area contributed by atoms with Crippen molar-refractivity contribution in [3.63, 3.8) is 0 Å². The van der Waals surface area contributed by atoms with E-state index in [-0.39, 0.29) is 11.9 Å². The van der Waals surface area contributed by atoms with Crippen LogP contribution in [0.1, 0.15) is 0 Å². The molecular weight excluding hydrogens is 245 g/mol. The van der Waals surface area contributed by atoms with E-state index < -0.39 is 0 Å². The molecule has 1 saturated heterocycles. The van der Waals surface area contributed by atoms with Gasteiger partial charge >= 0.3 is 0 Å². The van der Waals surface area contributed by atoms with E-state index in [0.29, 0.717) is 6.54 Å². The molecule has 1 fully saturated rings. The molecule has 0 amide bonds. The number of likely N-dealkylation sites (N-methyl/N-ethyl adjacent to an activating group) is 1. The first kappa shape index (κ1) is 12.4. The summed E-state index contributed by atoms with van der Waals surface area (Å²) in [6.45, 7) is 3.35. The van der Waals surface area contributed by atoms with Crippen molar-refractivity contribution in [2.75, 3.05) is 38.1 Å². The third-order valence-electron chi connectivity index (χ3n) is 3.66. The average Bonchev–Trinajstić information content (AvgIpc) is 2.81. The number of nitrogens with two attached hydrogens (primary N) is 1. The number of benzene rings is 1. The van der Waals surface area contributed by atoms with Gasteiger partial charge in [0.2, 0.25) is 5.95 Å². The zero-order chi connectivity index (χ0) is 13.4. The molecular formula is C13H18FN5. The molecule has 102 valence electrons. The monoisotopic (exact) mass is 263 g/mol. The van der Waals surface area contributed by atoms with Gasteiger partial charge in [-0.15, -0.1) is 0 Å². The molecule has 1 aromatic carbocycles. The van der Waals surface area contributed by atoms with Crippen LogP contribution in [-0.2, 0) is 0 Å². The number of nitrogens with zero attached hydrogens (tertiary/aromatic N) is 3. The van der Waals surface area contributed by atoms with Crippen LogP contribution in [0.3, 0.4) is 0 Å². The van der Waals surface area contributed by atoms with Crippen molar-refractivity contribution in [3.05, 3.63) is 24.0 Å². The fourth-order valence-corrected chi connectivity index (χ4v) is 2.60. The summed E-state index contributed by atoms with van der Waals surface area (Å²) in [5.74, 6) is 0.528. The van der Waals surface area contributed by atoms with Crippen molar-refractivity contribution in [1.82, 2.24) is 14.9 Å². The molecule has 0 radical (unpaired) electrons. The van der Waals surface area contributed by atoms with Gasteiger partial charge in [0.25, 0.3) is 0 Å². The topological polar surface area (TPSA) is 61.2 Å². The Morgan fingerprint density at radius 1 is 1.47 bits per heavy atom. The number of aromatic amines is 1. The summed E-state index contributed by atoms with van der Waals surface area (Å²) in [5.41, 5.74) is 7.35. The molecule has 1 atom stereocenters. The van der Waals surface area contributed by atoms with Crippen molar-refractivity contribution in [1.29, 1.82) is 0 Å². The minimum absolute atomic E-state index is 0.240. The molecule has 1 aliphatic heterocycles. The van der Waals surface area contributed by atoms with Crippen LogP contribution in [0.25, 0.3) is 11.0 Å². The normalized spacial score (nSPS) is 21.2. The Morgan fingerprint density at radius 3 is 3.11 bits per heavy atom. The Morgan fingerprint density at radius 2 is 2.32 bits per heavy atom. The van der Waals surface area contributed by atoms with Crippen LogP contribution >= 0.6 is 0 Å². The van der Waals surface area contributed by atoms with Gasteiger partial charge < -0.3 is 20.5 Å². The van der Waals surface area contributed by atoms with Crippen LogP contribution in [0.15, 0.2) is 18.2 Å². The Kier molecular flexibility index (Phi) is 3.12. The summed E-state index contributed by atoms with van der Waals surface area (Å²) in [6, 6.07) is 4.83. The Labute approximate surface area is 111 Å². The van der Waals surface area contributed by atoms with Crippen molar-refractivity contribution >= 4 is 17.0 Å². The van der Waals surface area contributed by atoms with E-state index in [2.05, 4.69) is 26.8 Å². The number of aromatic nitrogens is 2. The standard InChI is InChI=1S/C13H18FN5/c1-18-4-5-19(10(7-15)8-18)13-16-11-3-2-9(14)6-12(11)17-13/h2-3,6,10H,4-5,7-8,15H2,1H3,(H,16,17). The second-order valence-electron chi connectivity index (χ2n) is 5.07. The molecule has 6 heteroatoms. The average molecular weight is 263 g/mol. The summed E-state index contributed by atoms with van der Waals surface area (Å²) in [7, 11) is 2.09. The highest BCUT2D eigenvalue weighted by Gasteiger charge is 2.26. The molecule has 1 unspecified atom stereocenters. The summed E-state index contributed by atoms with van der Waals surface area (Å²) >= 11 is 0. The number of imidazole rings is 1. The summed E-state index contributed by atoms with van der Waals surface area (Å²) in [5, 5.41) is 0. The van der Waals surface area contributed by atoms with E-state index in [0.717, 1.165) is 36.6 Å². The van der Waals surface area contributed by atoms with Gasteiger partial charge in [0.1, 0.15) is 5.82 Å². The Balaban J connectivity index is 1.94. The van der Waals surface area contributed by atoms with Gasteiger partial charge in [-0.2, -0.15) is 0 Å². The second kappa shape index (κ2) is 4.79. The predicted molar refractivity (Wildman–Crippen MR) is 73.7 cm³/mol. The number of fused-ring (bicyclic) bond motifs is 1. The minimum Gasteiger partial charge on any atom is -0.336 e. The lowest BCUT2D eigenvalue weighted by Crippen LogP contribution is -2.55. The van der Waals surface area contributed by atoms with Crippen molar-refractivity contribution < 1.29 is 4.39 Å². The smallest absolute Gasteiger partial charge is 0.204 e. The van der Waals surface area contributed by atoms with Gasteiger partial charge in [0, 0.05) is 26.2 Å². The molecule has 1 aliphatic rings. The van der Waals surface area contributed by atoms with Crippen LogP contribution in [0.4, 0.5) is 10.3 Å². The third-order valence-corrected chi connectivity index (χ3v) is 3.66. The molecule has 0 spiro atoms. The number of H-pyrrole nitrogens is 1. The van der Waals surface area contributed by atoms with E-state index in [4.69, 9.17) is 5.73 Å². The van der Waals surface area contributed by atoms with E-state index >= 15 is 0 Å². The first-order valence-corrected chi connectivity index (χ1v) is 6.48. The lowest BCUT2D eigenvalue weighted by molar-refractivity contribution is 0.268. The Bertz CT molecular complexity index is 581. The van der Waals surface area contributed by atoms with Crippen LogP contribution < -0.4 is 10.6 Å². The number of hydrogen-bond donors (Lipinski definition) is 2.